The number of aromatic nitrogens is 5. The summed E-state index contributed by atoms with van der Waals surface area (Å²) in [5.41, 5.74) is 1.12. The number of anilines is 3. The number of nitrogens with one attached hydrogen (secondary N) is 1. The highest BCUT2D eigenvalue weighted by atomic mass is 16.5. The van der Waals surface area contributed by atoms with E-state index in [9.17, 15) is 9.90 Å². The number of hydrogen-bond donors (Lipinski definition) is 2. The lowest BCUT2D eigenvalue weighted by atomic mass is 9.84. The second-order valence-corrected chi connectivity index (χ2v) is 10.2. The first-order valence-electron chi connectivity index (χ1n) is 13.6. The molecule has 0 aliphatic carbocycles. The van der Waals surface area contributed by atoms with Crippen molar-refractivity contribution in [1.29, 1.82) is 0 Å². The van der Waals surface area contributed by atoms with Gasteiger partial charge in [0, 0.05) is 24.5 Å². The van der Waals surface area contributed by atoms with Crippen LogP contribution < -0.4 is 19.7 Å². The molecule has 0 amide bonds. The Hall–Kier alpha value is -4.80. The van der Waals surface area contributed by atoms with Gasteiger partial charge in [-0.25, -0.2) is 19.9 Å². The van der Waals surface area contributed by atoms with Crippen LogP contribution >= 0.6 is 0 Å². The molecular formula is C30H33N7O4. The molecule has 0 spiro atoms. The van der Waals surface area contributed by atoms with E-state index < -0.39 is 11.4 Å². The van der Waals surface area contributed by atoms with Gasteiger partial charge in [0.2, 0.25) is 5.95 Å². The molecule has 2 N–H and O–H groups in total. The maximum Gasteiger partial charge on any atom is 0.313 e. The molecule has 1 atom stereocenters. The van der Waals surface area contributed by atoms with Gasteiger partial charge in [-0.05, 0) is 63.4 Å². The lowest BCUT2D eigenvalue weighted by molar-refractivity contribution is -0.142. The van der Waals surface area contributed by atoms with Crippen LogP contribution in [0.4, 0.5) is 17.6 Å². The van der Waals surface area contributed by atoms with Gasteiger partial charge in [0.15, 0.2) is 11.6 Å². The Kier molecular flexibility index (Phi) is 8.23. The molecule has 1 aliphatic heterocycles. The zero-order valence-corrected chi connectivity index (χ0v) is 23.3. The molecule has 1 aromatic carbocycles. The zero-order valence-electron chi connectivity index (χ0n) is 23.3. The van der Waals surface area contributed by atoms with Gasteiger partial charge in [-0.15, -0.1) is 0 Å². The molecule has 5 rings (SSSR count). The second-order valence-electron chi connectivity index (χ2n) is 10.2. The Morgan fingerprint density at radius 1 is 1.12 bits per heavy atom. The van der Waals surface area contributed by atoms with Crippen LogP contribution in [-0.2, 0) is 10.2 Å². The number of piperidine rings is 1. The normalized spacial score (nSPS) is 15.3. The molecule has 1 aliphatic rings. The quantitative estimate of drug-likeness (QED) is 0.277. The zero-order chi connectivity index (χ0) is 28.8. The van der Waals surface area contributed by atoms with Crippen molar-refractivity contribution in [2.45, 2.75) is 45.1 Å². The third kappa shape index (κ3) is 6.51. The third-order valence-electron chi connectivity index (χ3n) is 6.95. The van der Waals surface area contributed by atoms with Crippen LogP contribution in [-0.4, -0.2) is 61.8 Å². The van der Waals surface area contributed by atoms with Crippen LogP contribution in [0.5, 0.6) is 11.6 Å². The van der Waals surface area contributed by atoms with Gasteiger partial charge >= 0.3 is 5.97 Å². The van der Waals surface area contributed by atoms with E-state index in [4.69, 9.17) is 14.5 Å². The molecule has 3 aromatic heterocycles. The second kappa shape index (κ2) is 12.2. The fourth-order valence-electron chi connectivity index (χ4n) is 4.58. The summed E-state index contributed by atoms with van der Waals surface area (Å²) in [5.74, 6) is 1.82. The Morgan fingerprint density at radius 3 is 2.83 bits per heavy atom. The van der Waals surface area contributed by atoms with Crippen molar-refractivity contribution in [2.24, 2.45) is 0 Å². The van der Waals surface area contributed by atoms with E-state index in [1.54, 1.807) is 44.7 Å². The van der Waals surface area contributed by atoms with Gasteiger partial charge < -0.3 is 24.8 Å². The van der Waals surface area contributed by atoms with Crippen molar-refractivity contribution in [1.82, 2.24) is 24.9 Å². The minimum Gasteiger partial charge on any atom is -0.488 e. The van der Waals surface area contributed by atoms with Crippen molar-refractivity contribution in [2.75, 3.05) is 29.9 Å². The lowest BCUT2D eigenvalue weighted by Crippen LogP contribution is -2.41. The van der Waals surface area contributed by atoms with Gasteiger partial charge in [-0.2, -0.15) is 0 Å². The summed E-state index contributed by atoms with van der Waals surface area (Å²) in [7, 11) is 0. The maximum atomic E-state index is 11.7. The molecule has 11 nitrogen and oxygen atoms in total. The fourth-order valence-corrected chi connectivity index (χ4v) is 4.58. The highest BCUT2D eigenvalue weighted by Gasteiger charge is 2.29. The van der Waals surface area contributed by atoms with Gasteiger partial charge in [0.05, 0.1) is 36.7 Å². The molecule has 1 unspecified atom stereocenters. The number of carboxylic acid groups (broad SMARTS) is 1. The predicted octanol–water partition coefficient (Wildman–Crippen LogP) is 4.88. The molecule has 4 aromatic rings. The molecule has 0 bridgehead atoms. The van der Waals surface area contributed by atoms with Crippen molar-refractivity contribution in [3.05, 3.63) is 72.8 Å². The number of hydrogen-bond acceptors (Lipinski definition) is 10. The molecule has 11 heteroatoms. The summed E-state index contributed by atoms with van der Waals surface area (Å²) in [6.45, 7) is 7.29. The summed E-state index contributed by atoms with van der Waals surface area (Å²) >= 11 is 0. The summed E-state index contributed by atoms with van der Waals surface area (Å²) < 4.78 is 11.9. The molecule has 41 heavy (non-hydrogen) atoms. The molecule has 1 fully saturated rings. The fraction of sp³-hybridized carbons (Fsp3) is 0.333. The predicted molar refractivity (Wildman–Crippen MR) is 155 cm³/mol. The van der Waals surface area contributed by atoms with Crippen LogP contribution in [0.3, 0.4) is 0 Å². The Labute approximate surface area is 238 Å². The highest BCUT2D eigenvalue weighted by molar-refractivity contribution is 5.81. The van der Waals surface area contributed by atoms with E-state index in [0.29, 0.717) is 53.6 Å². The minimum atomic E-state index is -1.03. The average molecular weight is 556 g/mol. The summed E-state index contributed by atoms with van der Waals surface area (Å²) in [6.07, 6.45) is 8.46. The first-order valence-corrected chi connectivity index (χ1v) is 13.6. The topological polar surface area (TPSA) is 135 Å². The number of aliphatic carboxylic acids is 1. The molecule has 212 valence electrons. The van der Waals surface area contributed by atoms with Crippen LogP contribution in [0.2, 0.25) is 0 Å². The number of nitrogens with zero attached hydrogens (tertiary/aromatic N) is 6. The molecule has 4 heterocycles. The molecule has 1 saturated heterocycles. The SMILES string of the molecule is CCOc1cccnc1OC1CCCN(c2cncc(Nc3nccc(-c4cccc(C(C)(C)C(=O)O)c4)n3)n2)C1. The third-order valence-corrected chi connectivity index (χ3v) is 6.95. The largest absolute Gasteiger partial charge is 0.488 e. The summed E-state index contributed by atoms with van der Waals surface area (Å²) in [6, 6.07) is 12.9. The van der Waals surface area contributed by atoms with Crippen LogP contribution in [0, 0.1) is 0 Å². The number of pyridine rings is 1. The van der Waals surface area contributed by atoms with E-state index in [0.717, 1.165) is 24.9 Å². The first kappa shape index (κ1) is 27.8. The standard InChI is InChI=1S/C30H33N7O4/c1-4-40-24-11-6-13-32-27(24)41-22-10-7-15-37(19-22)26-18-31-17-25(35-26)36-29-33-14-12-23(34-29)20-8-5-9-21(16-20)30(2,3)28(38)39/h5-6,8-9,11-14,16-18,22H,4,7,10,15,19H2,1-3H3,(H,38,39)(H,33,34,35,36). The van der Waals surface area contributed by atoms with E-state index in [1.807, 2.05) is 43.3 Å². The van der Waals surface area contributed by atoms with Gasteiger partial charge in [0.25, 0.3) is 5.88 Å². The highest BCUT2D eigenvalue weighted by Crippen LogP contribution is 2.29. The Morgan fingerprint density at radius 2 is 2.00 bits per heavy atom. The lowest BCUT2D eigenvalue weighted by Gasteiger charge is -2.33. The number of ether oxygens (including phenoxy) is 2. The van der Waals surface area contributed by atoms with Crippen LogP contribution in [0.1, 0.15) is 39.2 Å². The minimum absolute atomic E-state index is 0.0712. The van der Waals surface area contributed by atoms with Crippen molar-refractivity contribution >= 4 is 23.6 Å². The van der Waals surface area contributed by atoms with Gasteiger partial charge in [0.1, 0.15) is 11.9 Å². The van der Waals surface area contributed by atoms with E-state index in [-0.39, 0.29) is 6.10 Å². The van der Waals surface area contributed by atoms with Crippen LogP contribution in [0.25, 0.3) is 11.3 Å². The Bertz CT molecular complexity index is 1510. The summed E-state index contributed by atoms with van der Waals surface area (Å²) in [5, 5.41) is 12.8. The Balaban J connectivity index is 1.29. The summed E-state index contributed by atoms with van der Waals surface area (Å²) in [4.78, 5) is 36.4. The smallest absolute Gasteiger partial charge is 0.313 e. The monoisotopic (exact) mass is 555 g/mol. The number of carboxylic acids is 1. The number of carbonyl (C=O) groups is 1. The van der Waals surface area contributed by atoms with Gasteiger partial charge in [-0.1, -0.05) is 18.2 Å². The molecule has 0 saturated carbocycles. The number of rotatable bonds is 10. The van der Waals surface area contributed by atoms with Crippen molar-refractivity contribution in [3.63, 3.8) is 0 Å². The molecule has 0 radical (unpaired) electrons. The first-order chi connectivity index (χ1) is 19.8. The maximum absolute atomic E-state index is 11.7. The van der Waals surface area contributed by atoms with E-state index in [1.165, 1.54) is 0 Å². The molecular weight excluding hydrogens is 522 g/mol. The van der Waals surface area contributed by atoms with E-state index >= 15 is 0 Å². The number of benzene rings is 1. The van der Waals surface area contributed by atoms with Gasteiger partial charge in [-0.3, -0.25) is 9.78 Å². The van der Waals surface area contributed by atoms with Crippen molar-refractivity contribution < 1.29 is 19.4 Å². The average Bonchev–Trinajstić information content (AvgIpc) is 2.99. The van der Waals surface area contributed by atoms with Crippen LogP contribution in [0.15, 0.2) is 67.3 Å². The van der Waals surface area contributed by atoms with Crippen molar-refractivity contribution in [3.8, 4) is 22.9 Å². The van der Waals surface area contributed by atoms with E-state index in [2.05, 4.69) is 30.2 Å².